The second kappa shape index (κ2) is 5.49. The average molecular weight is 383 g/mol. The van der Waals surface area contributed by atoms with Crippen LogP contribution in [-0.4, -0.2) is 4.98 Å². The van der Waals surface area contributed by atoms with Gasteiger partial charge >= 0.3 is 0 Å². The molecule has 6 heteroatoms. The van der Waals surface area contributed by atoms with E-state index in [1.807, 2.05) is 6.07 Å². The molecule has 0 spiro atoms. The summed E-state index contributed by atoms with van der Waals surface area (Å²) in [7, 11) is 0. The molecule has 0 aromatic carbocycles. The van der Waals surface area contributed by atoms with E-state index >= 15 is 0 Å². The van der Waals surface area contributed by atoms with Gasteiger partial charge in [-0.05, 0) is 44.0 Å². The summed E-state index contributed by atoms with van der Waals surface area (Å²) in [5, 5.41) is 5.92. The van der Waals surface area contributed by atoms with Crippen molar-refractivity contribution < 1.29 is 0 Å². The van der Waals surface area contributed by atoms with Gasteiger partial charge in [0.15, 0.2) is 0 Å². The molecular weight excluding hydrogens is 375 g/mol. The molecule has 0 atom stereocenters. The highest BCUT2D eigenvalue weighted by Crippen LogP contribution is 2.25. The summed E-state index contributed by atoms with van der Waals surface area (Å²) in [6, 6.07) is 3.91. The zero-order valence-electron chi connectivity index (χ0n) is 8.01. The summed E-state index contributed by atoms with van der Waals surface area (Å²) < 4.78 is 1.98. The Morgan fingerprint density at radius 2 is 2.19 bits per heavy atom. The van der Waals surface area contributed by atoms with Crippen molar-refractivity contribution in [3.63, 3.8) is 0 Å². The first-order valence-electron chi connectivity index (χ1n) is 4.43. The first kappa shape index (κ1) is 12.4. The Balaban J connectivity index is 2.04. The molecule has 0 bridgehead atoms. The smallest absolute Gasteiger partial charge is 0.140 e. The van der Waals surface area contributed by atoms with E-state index in [0.29, 0.717) is 5.02 Å². The summed E-state index contributed by atoms with van der Waals surface area (Å²) in [4.78, 5) is 5.45. The fourth-order valence-corrected chi connectivity index (χ4v) is 3.33. The number of rotatable bonds is 3. The van der Waals surface area contributed by atoms with E-state index in [4.69, 9.17) is 11.6 Å². The van der Waals surface area contributed by atoms with Gasteiger partial charge in [-0.25, -0.2) is 4.98 Å². The predicted molar refractivity (Wildman–Crippen MR) is 76.3 cm³/mol. The van der Waals surface area contributed by atoms with Crippen molar-refractivity contribution in [3.8, 4) is 0 Å². The van der Waals surface area contributed by atoms with Crippen LogP contribution in [0.25, 0.3) is 0 Å². The number of nitrogens with one attached hydrogen (secondary N) is 1. The number of halogens is 3. The van der Waals surface area contributed by atoms with Gasteiger partial charge in [0.25, 0.3) is 0 Å². The zero-order valence-corrected chi connectivity index (χ0v) is 12.8. The molecule has 0 amide bonds. The van der Waals surface area contributed by atoms with Crippen LogP contribution in [0.4, 0.5) is 5.82 Å². The maximum atomic E-state index is 5.81. The van der Waals surface area contributed by atoms with E-state index in [-0.39, 0.29) is 0 Å². The van der Waals surface area contributed by atoms with Crippen LogP contribution in [0.15, 0.2) is 32.7 Å². The molecule has 16 heavy (non-hydrogen) atoms. The van der Waals surface area contributed by atoms with E-state index in [2.05, 4.69) is 53.6 Å². The van der Waals surface area contributed by atoms with Gasteiger partial charge in [0.1, 0.15) is 5.82 Å². The Morgan fingerprint density at radius 1 is 1.38 bits per heavy atom. The van der Waals surface area contributed by atoms with Gasteiger partial charge in [-0.2, -0.15) is 0 Å². The first-order chi connectivity index (χ1) is 7.65. The molecular formula is C10H7Br2ClN2S. The van der Waals surface area contributed by atoms with Crippen LogP contribution in [0.3, 0.4) is 0 Å². The molecule has 2 aromatic rings. The normalized spacial score (nSPS) is 10.4. The molecule has 0 aliphatic carbocycles. The largest absolute Gasteiger partial charge is 0.364 e. The third kappa shape index (κ3) is 3.20. The minimum absolute atomic E-state index is 0.622. The quantitative estimate of drug-likeness (QED) is 0.814. The van der Waals surface area contributed by atoms with Crippen LogP contribution in [-0.2, 0) is 6.54 Å². The second-order valence-corrected chi connectivity index (χ2v) is 6.27. The van der Waals surface area contributed by atoms with E-state index in [0.717, 1.165) is 21.3 Å². The van der Waals surface area contributed by atoms with Crippen molar-refractivity contribution in [2.24, 2.45) is 0 Å². The molecule has 0 unspecified atom stereocenters. The lowest BCUT2D eigenvalue weighted by molar-refractivity contribution is 1.13. The van der Waals surface area contributed by atoms with Crippen LogP contribution in [0, 0.1) is 0 Å². The molecule has 0 saturated heterocycles. The lowest BCUT2D eigenvalue weighted by Crippen LogP contribution is -2.00. The van der Waals surface area contributed by atoms with Crippen molar-refractivity contribution in [2.75, 3.05) is 5.32 Å². The van der Waals surface area contributed by atoms with Crippen LogP contribution in [0.1, 0.15) is 4.88 Å². The lowest BCUT2D eigenvalue weighted by atomic mass is 10.4. The number of pyridine rings is 1. The van der Waals surface area contributed by atoms with Gasteiger partial charge in [-0.15, -0.1) is 11.3 Å². The maximum absolute atomic E-state index is 5.81. The number of aromatic nitrogens is 1. The summed E-state index contributed by atoms with van der Waals surface area (Å²) in [5.74, 6) is 0.800. The van der Waals surface area contributed by atoms with Crippen LogP contribution >= 0.6 is 54.8 Å². The molecule has 0 aliphatic heterocycles. The number of anilines is 1. The van der Waals surface area contributed by atoms with Gasteiger partial charge in [-0.3, -0.25) is 0 Å². The van der Waals surface area contributed by atoms with E-state index < -0.39 is 0 Å². The Kier molecular flexibility index (Phi) is 4.24. The molecule has 0 fully saturated rings. The predicted octanol–water partition coefficient (Wildman–Crippen LogP) is 4.93. The van der Waals surface area contributed by atoms with Crippen LogP contribution in [0.5, 0.6) is 0 Å². The standard InChI is InChI=1S/C10H7Br2ClN2S/c11-6-1-8(16-5-6)4-15-10-9(12)2-7(13)3-14-10/h1-3,5H,4H2,(H,14,15). The molecule has 0 radical (unpaired) electrons. The number of hydrogen-bond donors (Lipinski definition) is 1. The van der Waals surface area contributed by atoms with Crippen molar-refractivity contribution in [1.29, 1.82) is 0 Å². The fourth-order valence-electron chi connectivity index (χ4n) is 1.16. The molecule has 0 aliphatic rings. The first-order valence-corrected chi connectivity index (χ1v) is 7.27. The van der Waals surface area contributed by atoms with Crippen LogP contribution in [0.2, 0.25) is 5.02 Å². The summed E-state index contributed by atoms with van der Waals surface area (Å²) >= 11 is 14.3. The SMILES string of the molecule is Clc1cnc(NCc2cc(Br)cs2)c(Br)c1. The fraction of sp³-hybridized carbons (Fsp3) is 0.100. The van der Waals surface area contributed by atoms with E-state index in [1.54, 1.807) is 17.5 Å². The van der Waals surface area contributed by atoms with Crippen LogP contribution < -0.4 is 5.32 Å². The monoisotopic (exact) mass is 380 g/mol. The summed E-state index contributed by atoms with van der Waals surface area (Å²) in [6.07, 6.45) is 1.62. The van der Waals surface area contributed by atoms with Gasteiger partial charge < -0.3 is 5.32 Å². The molecule has 2 rings (SSSR count). The Morgan fingerprint density at radius 3 is 2.81 bits per heavy atom. The van der Waals surface area contributed by atoms with Crippen molar-refractivity contribution in [3.05, 3.63) is 42.6 Å². The second-order valence-electron chi connectivity index (χ2n) is 3.07. The number of hydrogen-bond acceptors (Lipinski definition) is 3. The van der Waals surface area contributed by atoms with E-state index in [9.17, 15) is 0 Å². The molecule has 0 saturated carbocycles. The van der Waals surface area contributed by atoms with Crippen molar-refractivity contribution >= 4 is 60.6 Å². The lowest BCUT2D eigenvalue weighted by Gasteiger charge is -2.05. The zero-order chi connectivity index (χ0) is 11.5. The third-order valence-electron chi connectivity index (χ3n) is 1.86. The maximum Gasteiger partial charge on any atom is 0.140 e. The Bertz CT molecular complexity index is 501. The van der Waals surface area contributed by atoms with Crippen molar-refractivity contribution in [1.82, 2.24) is 4.98 Å². The molecule has 84 valence electrons. The Labute approximate surface area is 119 Å². The van der Waals surface area contributed by atoms with Gasteiger partial charge in [0.05, 0.1) is 16.0 Å². The topological polar surface area (TPSA) is 24.9 Å². The van der Waals surface area contributed by atoms with Gasteiger partial charge in [0, 0.05) is 20.9 Å². The third-order valence-corrected chi connectivity index (χ3v) is 4.37. The summed E-state index contributed by atoms with van der Waals surface area (Å²) in [5.41, 5.74) is 0. The number of nitrogens with zero attached hydrogens (tertiary/aromatic N) is 1. The molecule has 2 nitrogen and oxygen atoms in total. The number of thiophene rings is 1. The highest BCUT2D eigenvalue weighted by atomic mass is 79.9. The van der Waals surface area contributed by atoms with Gasteiger partial charge in [0.2, 0.25) is 0 Å². The van der Waals surface area contributed by atoms with E-state index in [1.165, 1.54) is 4.88 Å². The highest BCUT2D eigenvalue weighted by Gasteiger charge is 2.03. The average Bonchev–Trinajstić information content (AvgIpc) is 2.63. The molecule has 2 aromatic heterocycles. The molecule has 2 heterocycles. The van der Waals surface area contributed by atoms with Crippen molar-refractivity contribution in [2.45, 2.75) is 6.54 Å². The molecule has 1 N–H and O–H groups in total. The minimum atomic E-state index is 0.622. The highest BCUT2D eigenvalue weighted by molar-refractivity contribution is 9.10. The Hall–Kier alpha value is -0.100. The van der Waals surface area contributed by atoms with Gasteiger partial charge in [-0.1, -0.05) is 11.6 Å². The minimum Gasteiger partial charge on any atom is -0.364 e. The summed E-state index contributed by atoms with van der Waals surface area (Å²) in [6.45, 7) is 0.753.